The van der Waals surface area contributed by atoms with Gasteiger partial charge < -0.3 is 19.9 Å². The summed E-state index contributed by atoms with van der Waals surface area (Å²) in [6.45, 7) is 0. The highest BCUT2D eigenvalue weighted by Gasteiger charge is 2.50. The molecule has 0 aromatic heterocycles. The van der Waals surface area contributed by atoms with E-state index < -0.39 is 41.2 Å². The van der Waals surface area contributed by atoms with Crippen LogP contribution in [0.4, 0.5) is 13.2 Å². The van der Waals surface area contributed by atoms with Gasteiger partial charge in [-0.25, -0.2) is 4.79 Å². The second-order valence-corrected chi connectivity index (χ2v) is 9.68. The first kappa shape index (κ1) is 25.6. The first-order valence-electron chi connectivity index (χ1n) is 12.3. The van der Waals surface area contributed by atoms with Gasteiger partial charge in [-0.15, -0.1) is 0 Å². The highest BCUT2D eigenvalue weighted by atomic mass is 19.4. The molecular formula is C29H26F3NO5. The monoisotopic (exact) mass is 525 g/mol. The van der Waals surface area contributed by atoms with Crippen molar-refractivity contribution in [1.82, 2.24) is 5.32 Å². The van der Waals surface area contributed by atoms with Crippen molar-refractivity contribution in [2.75, 3.05) is 7.11 Å². The summed E-state index contributed by atoms with van der Waals surface area (Å²) < 4.78 is 53.1. The van der Waals surface area contributed by atoms with E-state index in [4.69, 9.17) is 9.47 Å². The van der Waals surface area contributed by atoms with Crippen molar-refractivity contribution in [2.45, 2.75) is 49.4 Å². The third kappa shape index (κ3) is 4.57. The Hall–Kier alpha value is -4.01. The van der Waals surface area contributed by atoms with E-state index in [-0.39, 0.29) is 11.1 Å². The number of fused-ring (bicyclic) bond motifs is 1. The van der Waals surface area contributed by atoms with Gasteiger partial charge in [0.05, 0.1) is 29.7 Å². The van der Waals surface area contributed by atoms with Crippen LogP contribution in [0.25, 0.3) is 0 Å². The molecule has 1 heterocycles. The number of carbonyl (C=O) groups excluding carboxylic acids is 1. The zero-order chi connectivity index (χ0) is 27.1. The molecule has 6 nitrogen and oxygen atoms in total. The van der Waals surface area contributed by atoms with Crippen LogP contribution in [0.1, 0.15) is 70.4 Å². The third-order valence-corrected chi connectivity index (χ3v) is 7.54. The SMILES string of the molecule is COc1ccc2c(c1)O[C@@H](c1ccc(C(=O)O)cc1)C[C@H]2NC(=O)C1(c2ccccc2C(F)(F)F)CCC1. The highest BCUT2D eigenvalue weighted by Crippen LogP contribution is 2.50. The van der Waals surface area contributed by atoms with Gasteiger partial charge in [0.25, 0.3) is 0 Å². The van der Waals surface area contributed by atoms with Crippen LogP contribution < -0.4 is 14.8 Å². The van der Waals surface area contributed by atoms with Crippen LogP contribution in [0, 0.1) is 0 Å². The first-order chi connectivity index (χ1) is 18.1. The largest absolute Gasteiger partial charge is 0.497 e. The number of halogens is 3. The normalized spacial score (nSPS) is 19.9. The summed E-state index contributed by atoms with van der Waals surface area (Å²) in [6.07, 6.45) is -3.49. The Kier molecular flexibility index (Phi) is 6.54. The van der Waals surface area contributed by atoms with Crippen LogP contribution >= 0.6 is 0 Å². The van der Waals surface area contributed by atoms with Gasteiger partial charge in [0.15, 0.2) is 0 Å². The fraction of sp³-hybridized carbons (Fsp3) is 0.310. The molecule has 5 rings (SSSR count). The van der Waals surface area contributed by atoms with Gasteiger partial charge in [0.1, 0.15) is 17.6 Å². The number of carboxylic acids is 1. The summed E-state index contributed by atoms with van der Waals surface area (Å²) in [6, 6.07) is 16.2. The predicted molar refractivity (Wildman–Crippen MR) is 132 cm³/mol. The van der Waals surface area contributed by atoms with Crippen molar-refractivity contribution < 1.29 is 37.3 Å². The molecule has 0 saturated heterocycles. The molecule has 1 aliphatic heterocycles. The van der Waals surface area contributed by atoms with Crippen molar-refractivity contribution in [1.29, 1.82) is 0 Å². The molecule has 9 heteroatoms. The smallest absolute Gasteiger partial charge is 0.416 e. The molecule has 3 aromatic carbocycles. The van der Waals surface area contributed by atoms with Gasteiger partial charge in [-0.05, 0) is 54.3 Å². The quantitative estimate of drug-likeness (QED) is 0.400. The van der Waals surface area contributed by atoms with Crippen molar-refractivity contribution in [3.05, 3.63) is 94.5 Å². The number of hydrogen-bond acceptors (Lipinski definition) is 4. The number of alkyl halides is 3. The van der Waals surface area contributed by atoms with E-state index in [0.717, 1.165) is 6.07 Å². The topological polar surface area (TPSA) is 84.9 Å². The molecule has 1 aliphatic carbocycles. The summed E-state index contributed by atoms with van der Waals surface area (Å²) in [5.41, 5.74) is -0.524. The molecule has 2 N–H and O–H groups in total. The standard InChI is InChI=1S/C29H26F3NO5/c1-37-19-11-12-20-23(16-24(38-25(20)15-19)17-7-9-18(10-8-17)26(34)35)33-27(36)28(13-4-14-28)21-5-2-3-6-22(21)29(30,31)32/h2-3,5-12,15,23-24H,4,13-14,16H2,1H3,(H,33,36)(H,34,35)/t23-,24-/m1/s1. The molecule has 1 saturated carbocycles. The molecule has 38 heavy (non-hydrogen) atoms. The maximum absolute atomic E-state index is 13.9. The number of methoxy groups -OCH3 is 1. The Morgan fingerprint density at radius 1 is 1.05 bits per heavy atom. The fourth-order valence-electron chi connectivity index (χ4n) is 5.35. The average Bonchev–Trinajstić information content (AvgIpc) is 2.87. The first-order valence-corrected chi connectivity index (χ1v) is 12.3. The van der Waals surface area contributed by atoms with Gasteiger partial charge in [0, 0.05) is 18.1 Å². The summed E-state index contributed by atoms with van der Waals surface area (Å²) in [7, 11) is 1.52. The summed E-state index contributed by atoms with van der Waals surface area (Å²) >= 11 is 0. The molecule has 2 aliphatic rings. The van der Waals surface area contributed by atoms with Gasteiger partial charge in [-0.3, -0.25) is 4.79 Å². The van der Waals surface area contributed by atoms with Gasteiger partial charge in [0.2, 0.25) is 5.91 Å². The number of carboxylic acid groups (broad SMARTS) is 1. The number of amides is 1. The summed E-state index contributed by atoms with van der Waals surface area (Å²) in [5, 5.41) is 12.3. The number of benzene rings is 3. The second kappa shape index (κ2) is 9.70. The van der Waals surface area contributed by atoms with E-state index in [1.54, 1.807) is 30.3 Å². The summed E-state index contributed by atoms with van der Waals surface area (Å²) in [5.74, 6) is -0.475. The Balaban J connectivity index is 1.48. The van der Waals surface area contributed by atoms with Gasteiger partial charge >= 0.3 is 12.1 Å². The van der Waals surface area contributed by atoms with Crippen molar-refractivity contribution in [3.8, 4) is 11.5 Å². The number of ether oxygens (including phenoxy) is 2. The molecule has 1 amide bonds. The lowest BCUT2D eigenvalue weighted by Crippen LogP contribution is -2.51. The lowest BCUT2D eigenvalue weighted by Gasteiger charge is -2.43. The zero-order valence-electron chi connectivity index (χ0n) is 20.5. The minimum absolute atomic E-state index is 0.000858. The van der Waals surface area contributed by atoms with Crippen LogP contribution in [0.5, 0.6) is 11.5 Å². The Morgan fingerprint density at radius 2 is 1.76 bits per heavy atom. The average molecular weight is 526 g/mol. The zero-order valence-corrected chi connectivity index (χ0v) is 20.5. The molecular weight excluding hydrogens is 499 g/mol. The molecule has 3 aromatic rings. The number of hydrogen-bond donors (Lipinski definition) is 2. The van der Waals surface area contributed by atoms with E-state index in [1.165, 1.54) is 37.4 Å². The van der Waals surface area contributed by atoms with Crippen LogP contribution in [0.3, 0.4) is 0 Å². The Bertz CT molecular complexity index is 1370. The maximum atomic E-state index is 13.9. The Morgan fingerprint density at radius 3 is 2.37 bits per heavy atom. The molecule has 1 fully saturated rings. The van der Waals surface area contributed by atoms with Crippen molar-refractivity contribution in [2.24, 2.45) is 0 Å². The van der Waals surface area contributed by atoms with E-state index in [9.17, 15) is 27.9 Å². The van der Waals surface area contributed by atoms with Gasteiger partial charge in [-0.2, -0.15) is 13.2 Å². The molecule has 0 radical (unpaired) electrons. The van der Waals surface area contributed by atoms with E-state index in [0.29, 0.717) is 48.3 Å². The molecule has 0 bridgehead atoms. The minimum atomic E-state index is -4.57. The fourth-order valence-corrected chi connectivity index (χ4v) is 5.35. The number of carbonyl (C=O) groups is 2. The van der Waals surface area contributed by atoms with Crippen LogP contribution in [0.2, 0.25) is 0 Å². The van der Waals surface area contributed by atoms with Crippen LogP contribution in [-0.4, -0.2) is 24.1 Å². The predicted octanol–water partition coefficient (Wildman–Crippen LogP) is 6.22. The van der Waals surface area contributed by atoms with Crippen LogP contribution in [0.15, 0.2) is 66.7 Å². The molecule has 0 spiro atoms. The molecule has 0 unspecified atom stereocenters. The Labute approximate surface area is 217 Å². The molecule has 198 valence electrons. The van der Waals surface area contributed by atoms with Gasteiger partial charge in [-0.1, -0.05) is 36.8 Å². The van der Waals surface area contributed by atoms with Crippen LogP contribution in [-0.2, 0) is 16.4 Å². The third-order valence-electron chi connectivity index (χ3n) is 7.54. The number of nitrogens with one attached hydrogen (secondary N) is 1. The van der Waals surface area contributed by atoms with E-state index in [2.05, 4.69) is 5.32 Å². The maximum Gasteiger partial charge on any atom is 0.416 e. The van der Waals surface area contributed by atoms with Crippen molar-refractivity contribution >= 4 is 11.9 Å². The highest BCUT2D eigenvalue weighted by molar-refractivity contribution is 5.90. The lowest BCUT2D eigenvalue weighted by atomic mass is 9.62. The van der Waals surface area contributed by atoms with Crippen molar-refractivity contribution in [3.63, 3.8) is 0 Å². The van der Waals surface area contributed by atoms with E-state index in [1.807, 2.05) is 0 Å². The number of rotatable bonds is 6. The van der Waals surface area contributed by atoms with E-state index >= 15 is 0 Å². The second-order valence-electron chi connectivity index (χ2n) is 9.68. The molecule has 2 atom stereocenters. The summed E-state index contributed by atoms with van der Waals surface area (Å²) in [4.78, 5) is 25.0. The minimum Gasteiger partial charge on any atom is -0.497 e. The number of aromatic carboxylic acids is 1. The lowest BCUT2D eigenvalue weighted by molar-refractivity contribution is -0.141.